The van der Waals surface area contributed by atoms with Crippen molar-refractivity contribution in [3.63, 3.8) is 0 Å². The van der Waals surface area contributed by atoms with Crippen molar-refractivity contribution < 1.29 is 23.4 Å². The van der Waals surface area contributed by atoms with Gasteiger partial charge in [0.2, 0.25) is 0 Å². The summed E-state index contributed by atoms with van der Waals surface area (Å²) < 4.78 is 31.1. The van der Waals surface area contributed by atoms with E-state index in [1.807, 2.05) is 24.3 Å². The summed E-state index contributed by atoms with van der Waals surface area (Å²) in [5, 5.41) is 2.95. The Hall–Kier alpha value is -3.58. The number of rotatable bonds is 7. The van der Waals surface area contributed by atoms with Crippen LogP contribution in [0.1, 0.15) is 21.5 Å². The Morgan fingerprint density at radius 2 is 1.94 bits per heavy atom. The quantitative estimate of drug-likeness (QED) is 0.584. The van der Waals surface area contributed by atoms with Gasteiger partial charge in [-0.25, -0.2) is 4.39 Å². The molecule has 3 N–H and O–H groups in total. The highest BCUT2D eigenvalue weighted by molar-refractivity contribution is 5.94. The van der Waals surface area contributed by atoms with Gasteiger partial charge in [0.05, 0.1) is 13.7 Å². The van der Waals surface area contributed by atoms with Crippen LogP contribution in [0.2, 0.25) is 0 Å². The smallest absolute Gasteiger partial charge is 0.251 e. The molecule has 1 heterocycles. The summed E-state index contributed by atoms with van der Waals surface area (Å²) in [4.78, 5) is 12.8. The molecule has 0 radical (unpaired) electrons. The molecular formula is C25H25FN2O4. The summed E-state index contributed by atoms with van der Waals surface area (Å²) in [5.41, 5.74) is 7.73. The van der Waals surface area contributed by atoms with Crippen molar-refractivity contribution in [3.8, 4) is 23.0 Å². The van der Waals surface area contributed by atoms with Gasteiger partial charge in [0, 0.05) is 24.6 Å². The second-order valence-corrected chi connectivity index (χ2v) is 7.64. The summed E-state index contributed by atoms with van der Waals surface area (Å²) >= 11 is 0. The second kappa shape index (κ2) is 9.70. The van der Waals surface area contributed by atoms with Crippen LogP contribution in [0.4, 0.5) is 4.39 Å². The first kappa shape index (κ1) is 21.6. The number of carbonyl (C=O) groups is 1. The normalized spacial score (nSPS) is 14.8. The standard InChI is InChI=1S/C25H25FN2O4/c1-30-23-9-7-19(12-24(23)32-22-8-6-16(13-27)11-20(22)26)25(29)28-14-17-10-18-4-2-3-5-21(18)31-15-17/h2-9,11-12,17H,10,13-15,27H2,1H3,(H,28,29). The van der Waals surface area contributed by atoms with Crippen LogP contribution >= 0.6 is 0 Å². The van der Waals surface area contributed by atoms with E-state index < -0.39 is 5.82 Å². The number of hydrogen-bond donors (Lipinski definition) is 2. The first-order valence-corrected chi connectivity index (χ1v) is 10.4. The average molecular weight is 436 g/mol. The highest BCUT2D eigenvalue weighted by Crippen LogP contribution is 2.34. The van der Waals surface area contributed by atoms with E-state index in [0.717, 1.165) is 17.7 Å². The number of para-hydroxylation sites is 1. The molecule has 166 valence electrons. The second-order valence-electron chi connectivity index (χ2n) is 7.64. The Morgan fingerprint density at radius 1 is 1.12 bits per heavy atom. The molecule has 32 heavy (non-hydrogen) atoms. The maximum absolute atomic E-state index is 14.3. The minimum absolute atomic E-state index is 0.0241. The van der Waals surface area contributed by atoms with Crippen LogP contribution < -0.4 is 25.3 Å². The van der Waals surface area contributed by atoms with Gasteiger partial charge in [-0.3, -0.25) is 4.79 Å². The van der Waals surface area contributed by atoms with E-state index in [4.69, 9.17) is 19.9 Å². The zero-order valence-corrected chi connectivity index (χ0v) is 17.8. The lowest BCUT2D eigenvalue weighted by molar-refractivity contribution is 0.0938. The van der Waals surface area contributed by atoms with Crippen molar-refractivity contribution in [2.45, 2.75) is 13.0 Å². The lowest BCUT2D eigenvalue weighted by Gasteiger charge is -2.25. The SMILES string of the molecule is COc1ccc(C(=O)NCC2COc3ccccc3C2)cc1Oc1ccc(CN)cc1F. The molecule has 1 aliphatic heterocycles. The molecule has 0 saturated heterocycles. The molecule has 0 spiro atoms. The van der Waals surface area contributed by atoms with Crippen molar-refractivity contribution >= 4 is 5.91 Å². The predicted octanol–water partition coefficient (Wildman–Crippen LogP) is 4.07. The highest BCUT2D eigenvalue weighted by Gasteiger charge is 2.21. The van der Waals surface area contributed by atoms with Gasteiger partial charge in [0.1, 0.15) is 5.75 Å². The third-order valence-electron chi connectivity index (χ3n) is 5.38. The van der Waals surface area contributed by atoms with Crippen LogP contribution in [-0.2, 0) is 13.0 Å². The first-order chi connectivity index (χ1) is 15.6. The maximum Gasteiger partial charge on any atom is 0.251 e. The molecule has 0 fully saturated rings. The molecule has 1 amide bonds. The number of benzene rings is 3. The molecule has 1 atom stereocenters. The van der Waals surface area contributed by atoms with Crippen molar-refractivity contribution in [2.75, 3.05) is 20.3 Å². The zero-order chi connectivity index (χ0) is 22.5. The molecule has 0 aliphatic carbocycles. The molecule has 1 unspecified atom stereocenters. The van der Waals surface area contributed by atoms with E-state index >= 15 is 0 Å². The number of amides is 1. The van der Waals surface area contributed by atoms with E-state index in [1.165, 1.54) is 25.3 Å². The Kier molecular flexibility index (Phi) is 6.56. The van der Waals surface area contributed by atoms with Crippen LogP contribution in [0.25, 0.3) is 0 Å². The van der Waals surface area contributed by atoms with E-state index in [1.54, 1.807) is 18.2 Å². The number of carbonyl (C=O) groups excluding carboxylic acids is 1. The Bertz CT molecular complexity index is 1120. The van der Waals surface area contributed by atoms with Gasteiger partial charge in [0.15, 0.2) is 23.1 Å². The number of nitrogens with two attached hydrogens (primary N) is 1. The average Bonchev–Trinajstić information content (AvgIpc) is 2.83. The Balaban J connectivity index is 1.44. The third-order valence-corrected chi connectivity index (χ3v) is 5.38. The van der Waals surface area contributed by atoms with Gasteiger partial charge in [-0.15, -0.1) is 0 Å². The summed E-state index contributed by atoms with van der Waals surface area (Å²) in [6.07, 6.45) is 0.839. The summed E-state index contributed by atoms with van der Waals surface area (Å²) in [7, 11) is 1.48. The van der Waals surface area contributed by atoms with Gasteiger partial charge in [-0.2, -0.15) is 0 Å². The number of halogens is 1. The maximum atomic E-state index is 14.3. The number of methoxy groups -OCH3 is 1. The van der Waals surface area contributed by atoms with Crippen LogP contribution in [0.3, 0.4) is 0 Å². The lowest BCUT2D eigenvalue weighted by atomic mass is 9.96. The van der Waals surface area contributed by atoms with E-state index in [2.05, 4.69) is 5.32 Å². The van der Waals surface area contributed by atoms with Crippen LogP contribution in [0.15, 0.2) is 60.7 Å². The summed E-state index contributed by atoms with van der Waals surface area (Å²) in [6, 6.07) is 17.2. The molecule has 0 saturated carbocycles. The van der Waals surface area contributed by atoms with Gasteiger partial charge in [-0.1, -0.05) is 24.3 Å². The van der Waals surface area contributed by atoms with Crippen LogP contribution in [-0.4, -0.2) is 26.2 Å². The van der Waals surface area contributed by atoms with E-state index in [9.17, 15) is 9.18 Å². The zero-order valence-electron chi connectivity index (χ0n) is 17.8. The van der Waals surface area contributed by atoms with Crippen molar-refractivity contribution in [1.29, 1.82) is 0 Å². The Labute approximate surface area is 186 Å². The van der Waals surface area contributed by atoms with Gasteiger partial charge in [0.25, 0.3) is 5.91 Å². The third kappa shape index (κ3) is 4.84. The van der Waals surface area contributed by atoms with Crippen molar-refractivity contribution in [1.82, 2.24) is 5.32 Å². The van der Waals surface area contributed by atoms with Gasteiger partial charge < -0.3 is 25.3 Å². The predicted molar refractivity (Wildman–Crippen MR) is 119 cm³/mol. The molecule has 7 heteroatoms. The molecule has 4 rings (SSSR count). The fourth-order valence-electron chi connectivity index (χ4n) is 3.63. The first-order valence-electron chi connectivity index (χ1n) is 10.4. The number of fused-ring (bicyclic) bond motifs is 1. The fourth-order valence-corrected chi connectivity index (χ4v) is 3.63. The molecule has 1 aliphatic rings. The topological polar surface area (TPSA) is 82.8 Å². The minimum Gasteiger partial charge on any atom is -0.493 e. The molecule has 0 aromatic heterocycles. The number of ether oxygens (including phenoxy) is 3. The van der Waals surface area contributed by atoms with E-state index in [-0.39, 0.29) is 29.9 Å². The molecule has 0 bridgehead atoms. The van der Waals surface area contributed by atoms with E-state index in [0.29, 0.717) is 30.0 Å². The van der Waals surface area contributed by atoms with Gasteiger partial charge in [-0.05, 0) is 53.9 Å². The highest BCUT2D eigenvalue weighted by atomic mass is 19.1. The molecule has 3 aromatic carbocycles. The fraction of sp³-hybridized carbons (Fsp3) is 0.240. The monoisotopic (exact) mass is 436 g/mol. The largest absolute Gasteiger partial charge is 0.493 e. The number of hydrogen-bond acceptors (Lipinski definition) is 5. The van der Waals surface area contributed by atoms with Crippen molar-refractivity contribution in [3.05, 3.63) is 83.2 Å². The Morgan fingerprint density at radius 3 is 2.72 bits per heavy atom. The van der Waals surface area contributed by atoms with Crippen molar-refractivity contribution in [2.24, 2.45) is 11.7 Å². The summed E-state index contributed by atoms with van der Waals surface area (Å²) in [6.45, 7) is 1.25. The minimum atomic E-state index is -0.539. The van der Waals surface area contributed by atoms with Crippen LogP contribution in [0, 0.1) is 11.7 Å². The summed E-state index contributed by atoms with van der Waals surface area (Å²) in [5.74, 6) is 0.946. The van der Waals surface area contributed by atoms with Gasteiger partial charge >= 0.3 is 0 Å². The molecule has 3 aromatic rings. The lowest BCUT2D eigenvalue weighted by Crippen LogP contribution is -2.34. The number of nitrogens with one attached hydrogen (secondary N) is 1. The molecule has 6 nitrogen and oxygen atoms in total. The molecular weight excluding hydrogens is 411 g/mol. The van der Waals surface area contributed by atoms with Crippen LogP contribution in [0.5, 0.6) is 23.0 Å².